The largest absolute Gasteiger partial charge is 0.352 e. The molecule has 0 aliphatic carbocycles. The molecule has 28 heavy (non-hydrogen) atoms. The summed E-state index contributed by atoms with van der Waals surface area (Å²) in [7, 11) is 0. The Morgan fingerprint density at radius 2 is 1.75 bits per heavy atom. The van der Waals surface area contributed by atoms with Crippen LogP contribution in [0.15, 0.2) is 53.0 Å². The van der Waals surface area contributed by atoms with E-state index in [2.05, 4.69) is 21.2 Å². The number of rotatable bonds is 2. The number of benzene rings is 2. The smallest absolute Gasteiger partial charge is 0.233 e. The van der Waals surface area contributed by atoms with Gasteiger partial charge in [0.15, 0.2) is 5.78 Å². The van der Waals surface area contributed by atoms with E-state index in [4.69, 9.17) is 11.6 Å². The molecule has 0 bridgehead atoms. The van der Waals surface area contributed by atoms with Gasteiger partial charge < -0.3 is 4.90 Å². The van der Waals surface area contributed by atoms with Crippen LogP contribution in [0.2, 0.25) is 5.02 Å². The van der Waals surface area contributed by atoms with E-state index in [-0.39, 0.29) is 17.7 Å². The highest BCUT2D eigenvalue weighted by Crippen LogP contribution is 2.47. The lowest BCUT2D eigenvalue weighted by Crippen LogP contribution is -2.47. The van der Waals surface area contributed by atoms with Gasteiger partial charge in [-0.25, -0.2) is 0 Å². The molecule has 1 N–H and O–H groups in total. The van der Waals surface area contributed by atoms with Crippen molar-refractivity contribution in [3.05, 3.63) is 69.2 Å². The Hall–Kier alpha value is -2.44. The molecule has 4 atom stereocenters. The van der Waals surface area contributed by atoms with Crippen LogP contribution in [0.25, 0.3) is 6.08 Å². The van der Waals surface area contributed by atoms with E-state index < -0.39 is 23.8 Å². The van der Waals surface area contributed by atoms with Crippen LogP contribution in [0.5, 0.6) is 0 Å². The fourth-order valence-electron chi connectivity index (χ4n) is 4.53. The number of ketones is 1. The van der Waals surface area contributed by atoms with Crippen molar-refractivity contribution in [2.24, 2.45) is 11.8 Å². The van der Waals surface area contributed by atoms with Gasteiger partial charge >= 0.3 is 0 Å². The Bertz CT molecular complexity index is 1070. The normalized spacial score (nSPS) is 27.3. The van der Waals surface area contributed by atoms with Gasteiger partial charge in [0.25, 0.3) is 0 Å². The third kappa shape index (κ3) is 2.48. The Kier molecular flexibility index (Phi) is 3.96. The first kappa shape index (κ1) is 17.6. The summed E-state index contributed by atoms with van der Waals surface area (Å²) in [6.45, 7) is 0. The van der Waals surface area contributed by atoms with Crippen molar-refractivity contribution in [2.75, 3.05) is 4.90 Å². The maximum absolute atomic E-state index is 13.5. The summed E-state index contributed by atoms with van der Waals surface area (Å²) in [6, 6.07) is 11.3. The van der Waals surface area contributed by atoms with E-state index in [1.807, 2.05) is 23.1 Å². The molecule has 3 aliphatic heterocycles. The maximum atomic E-state index is 13.5. The average Bonchev–Trinajstić information content (AvgIpc) is 3.17. The zero-order valence-corrected chi connectivity index (χ0v) is 16.8. The molecule has 0 aromatic heterocycles. The minimum Gasteiger partial charge on any atom is -0.352 e. The Balaban J connectivity index is 1.67. The minimum absolute atomic E-state index is 0.184. The van der Waals surface area contributed by atoms with Crippen LogP contribution in [0, 0.1) is 11.8 Å². The Morgan fingerprint density at radius 1 is 1.04 bits per heavy atom. The average molecular weight is 458 g/mol. The number of nitrogens with zero attached hydrogens (tertiary/aromatic N) is 1. The molecule has 2 aromatic rings. The Morgan fingerprint density at radius 3 is 2.50 bits per heavy atom. The molecule has 2 saturated heterocycles. The lowest BCUT2D eigenvalue weighted by Gasteiger charge is -2.36. The molecular weight excluding hydrogens is 444 g/mol. The molecule has 0 radical (unpaired) electrons. The van der Waals surface area contributed by atoms with Gasteiger partial charge in [-0.05, 0) is 29.8 Å². The number of Topliss-reactive ketones (excluding diaryl/α,β-unsaturated/α-hetero) is 1. The summed E-state index contributed by atoms with van der Waals surface area (Å²) < 4.78 is 0.859. The predicted molar refractivity (Wildman–Crippen MR) is 109 cm³/mol. The van der Waals surface area contributed by atoms with Crippen LogP contribution < -0.4 is 10.2 Å². The number of imide groups is 1. The summed E-state index contributed by atoms with van der Waals surface area (Å²) in [4.78, 5) is 40.5. The van der Waals surface area contributed by atoms with E-state index in [1.165, 1.54) is 0 Å². The van der Waals surface area contributed by atoms with Gasteiger partial charge in [0.2, 0.25) is 11.8 Å². The molecule has 0 unspecified atom stereocenters. The lowest BCUT2D eigenvalue weighted by atomic mass is 9.86. The first-order valence-corrected chi connectivity index (χ1v) is 10.0. The van der Waals surface area contributed by atoms with Gasteiger partial charge in [0.1, 0.15) is 6.04 Å². The third-order valence-electron chi connectivity index (χ3n) is 5.71. The second-order valence-corrected chi connectivity index (χ2v) is 8.53. The molecule has 3 heterocycles. The summed E-state index contributed by atoms with van der Waals surface area (Å²) >= 11 is 9.59. The molecule has 5 nitrogen and oxygen atoms in total. The summed E-state index contributed by atoms with van der Waals surface area (Å²) in [5, 5.41) is 2.95. The number of carbonyl (C=O) groups is 3. The van der Waals surface area contributed by atoms with Crippen LogP contribution in [0.4, 0.5) is 5.69 Å². The molecule has 5 rings (SSSR count). The number of halogens is 2. The number of carbonyl (C=O) groups excluding carboxylic acids is 3. The SMILES string of the molecule is O=C1NC(=O)[C@@H]2[C@@H]1[C@H]1C=Cc3ccc(Cl)cc3N1[C@H]2C(=O)c1ccc(Br)cc1. The first-order valence-electron chi connectivity index (χ1n) is 8.86. The van der Waals surface area contributed by atoms with Crippen molar-refractivity contribution in [2.45, 2.75) is 12.1 Å². The zero-order valence-electron chi connectivity index (χ0n) is 14.4. The summed E-state index contributed by atoms with van der Waals surface area (Å²) in [5.41, 5.74) is 2.17. The van der Waals surface area contributed by atoms with Crippen LogP contribution in [0.3, 0.4) is 0 Å². The van der Waals surface area contributed by atoms with E-state index in [0.29, 0.717) is 10.6 Å². The summed E-state index contributed by atoms with van der Waals surface area (Å²) in [6.07, 6.45) is 3.83. The Labute approximate surface area is 174 Å². The molecule has 3 aliphatic rings. The van der Waals surface area contributed by atoms with Gasteiger partial charge in [0.05, 0.1) is 17.9 Å². The number of nitrogens with one attached hydrogen (secondary N) is 1. The highest BCUT2D eigenvalue weighted by atomic mass is 79.9. The standard InChI is InChI=1S/C21H14BrClN2O3/c22-12-5-1-11(2-6-12)19(26)18-17-16(20(27)24-21(17)28)14-8-4-10-3-7-13(23)9-15(10)25(14)18/h1-9,14,16-18H,(H,24,27,28)/t14-,16+,17-,18-/m1/s1. The maximum Gasteiger partial charge on any atom is 0.233 e. The highest BCUT2D eigenvalue weighted by molar-refractivity contribution is 9.10. The van der Waals surface area contributed by atoms with Crippen LogP contribution in [-0.4, -0.2) is 29.7 Å². The van der Waals surface area contributed by atoms with Crippen molar-refractivity contribution in [1.29, 1.82) is 0 Å². The van der Waals surface area contributed by atoms with Crippen LogP contribution >= 0.6 is 27.5 Å². The fraction of sp³-hybridized carbons (Fsp3) is 0.190. The highest BCUT2D eigenvalue weighted by Gasteiger charge is 2.61. The molecule has 140 valence electrons. The number of hydrogen-bond acceptors (Lipinski definition) is 4. The monoisotopic (exact) mass is 456 g/mol. The van der Waals surface area contributed by atoms with Gasteiger partial charge in [-0.2, -0.15) is 0 Å². The second kappa shape index (κ2) is 6.29. The minimum atomic E-state index is -0.773. The zero-order chi connectivity index (χ0) is 19.6. The number of hydrogen-bond donors (Lipinski definition) is 1. The molecule has 7 heteroatoms. The molecular formula is C21H14BrClN2O3. The van der Waals surface area contributed by atoms with E-state index >= 15 is 0 Å². The van der Waals surface area contributed by atoms with Gasteiger partial charge in [-0.15, -0.1) is 0 Å². The van der Waals surface area contributed by atoms with Crippen LogP contribution in [0.1, 0.15) is 15.9 Å². The van der Waals surface area contributed by atoms with Gasteiger partial charge in [-0.3, -0.25) is 19.7 Å². The lowest BCUT2D eigenvalue weighted by molar-refractivity contribution is -0.126. The van der Waals surface area contributed by atoms with Crippen molar-refractivity contribution in [1.82, 2.24) is 5.32 Å². The number of fused-ring (bicyclic) bond motifs is 5. The summed E-state index contributed by atoms with van der Waals surface area (Å²) in [5.74, 6) is -2.23. The molecule has 2 fully saturated rings. The first-order chi connectivity index (χ1) is 13.5. The van der Waals surface area contributed by atoms with Crippen LogP contribution in [-0.2, 0) is 9.59 Å². The van der Waals surface area contributed by atoms with Crippen molar-refractivity contribution >= 4 is 56.9 Å². The van der Waals surface area contributed by atoms with Crippen molar-refractivity contribution in [3.8, 4) is 0 Å². The molecule has 2 aromatic carbocycles. The van der Waals surface area contributed by atoms with Gasteiger partial charge in [0, 0.05) is 20.7 Å². The van der Waals surface area contributed by atoms with Crippen molar-refractivity contribution < 1.29 is 14.4 Å². The fourth-order valence-corrected chi connectivity index (χ4v) is 4.96. The second-order valence-electron chi connectivity index (χ2n) is 7.18. The molecule has 0 spiro atoms. The topological polar surface area (TPSA) is 66.5 Å². The number of amides is 2. The quantitative estimate of drug-likeness (QED) is 0.554. The predicted octanol–water partition coefficient (Wildman–Crippen LogP) is 3.46. The van der Waals surface area contributed by atoms with E-state index in [9.17, 15) is 14.4 Å². The molecule has 2 amide bonds. The van der Waals surface area contributed by atoms with Crippen molar-refractivity contribution in [3.63, 3.8) is 0 Å². The van der Waals surface area contributed by atoms with E-state index in [1.54, 1.807) is 36.4 Å². The van der Waals surface area contributed by atoms with Gasteiger partial charge in [-0.1, -0.05) is 57.9 Å². The van der Waals surface area contributed by atoms with E-state index in [0.717, 1.165) is 15.7 Å². The molecule has 0 saturated carbocycles. The third-order valence-corrected chi connectivity index (χ3v) is 6.47. The number of anilines is 1.